The number of methoxy groups -OCH3 is 1. The monoisotopic (exact) mass is 394 g/mol. The average Bonchev–Trinajstić information content (AvgIpc) is 2.71. The van der Waals surface area contributed by atoms with Gasteiger partial charge in [-0.05, 0) is 53.9 Å². The number of fused-ring (bicyclic) bond motifs is 1. The van der Waals surface area contributed by atoms with Crippen LogP contribution < -0.4 is 9.47 Å². The van der Waals surface area contributed by atoms with Crippen molar-refractivity contribution in [3.63, 3.8) is 0 Å². The quantitative estimate of drug-likeness (QED) is 0.499. The van der Waals surface area contributed by atoms with Crippen molar-refractivity contribution in [1.29, 1.82) is 0 Å². The molecule has 2 atom stereocenters. The van der Waals surface area contributed by atoms with Gasteiger partial charge in [-0.3, -0.25) is 0 Å². The van der Waals surface area contributed by atoms with Crippen molar-refractivity contribution in [2.24, 2.45) is 0 Å². The number of aromatic hydroxyl groups is 4. The van der Waals surface area contributed by atoms with Crippen LogP contribution in [0.1, 0.15) is 34.1 Å². The van der Waals surface area contributed by atoms with E-state index in [9.17, 15) is 20.4 Å². The van der Waals surface area contributed by atoms with Crippen LogP contribution in [0.25, 0.3) is 0 Å². The third-order valence-corrected chi connectivity index (χ3v) is 5.46. The molecule has 4 N–H and O–H groups in total. The lowest BCUT2D eigenvalue weighted by atomic mass is 9.75. The fourth-order valence-corrected chi connectivity index (χ4v) is 3.93. The lowest BCUT2D eigenvalue weighted by molar-refractivity contribution is 0.246. The summed E-state index contributed by atoms with van der Waals surface area (Å²) in [5.41, 5.74) is 3.32. The topological polar surface area (TPSA) is 99.4 Å². The number of benzene rings is 3. The molecule has 0 saturated heterocycles. The number of phenols is 4. The predicted octanol–water partition coefficient (Wildman–Crippen LogP) is 4.13. The molecule has 0 bridgehead atoms. The van der Waals surface area contributed by atoms with Gasteiger partial charge in [-0.15, -0.1) is 0 Å². The summed E-state index contributed by atoms with van der Waals surface area (Å²) in [7, 11) is 1.43. The number of hydrogen-bond donors (Lipinski definition) is 4. The van der Waals surface area contributed by atoms with Crippen LogP contribution in [0.15, 0.2) is 48.5 Å². The summed E-state index contributed by atoms with van der Waals surface area (Å²) in [5, 5.41) is 40.0. The summed E-state index contributed by atoms with van der Waals surface area (Å²) >= 11 is 0. The van der Waals surface area contributed by atoms with Gasteiger partial charge in [0.15, 0.2) is 11.5 Å². The zero-order valence-corrected chi connectivity index (χ0v) is 16.1. The molecule has 1 aliphatic heterocycles. The molecule has 4 rings (SSSR count). The normalized spacial score (nSPS) is 18.0. The predicted molar refractivity (Wildman–Crippen MR) is 107 cm³/mol. The van der Waals surface area contributed by atoms with Gasteiger partial charge in [-0.2, -0.15) is 0 Å². The zero-order chi connectivity index (χ0) is 20.7. The highest BCUT2D eigenvalue weighted by Gasteiger charge is 2.35. The summed E-state index contributed by atoms with van der Waals surface area (Å²) in [5.74, 6) is 0.170. The van der Waals surface area contributed by atoms with Gasteiger partial charge < -0.3 is 29.9 Å². The molecular formula is C23H22O6. The first kappa shape index (κ1) is 18.8. The maximum atomic E-state index is 10.2. The fraction of sp³-hybridized carbons (Fsp3) is 0.217. The Balaban J connectivity index is 1.90. The van der Waals surface area contributed by atoms with Gasteiger partial charge in [0.2, 0.25) is 5.75 Å². The molecule has 6 heteroatoms. The van der Waals surface area contributed by atoms with E-state index in [1.54, 1.807) is 24.3 Å². The van der Waals surface area contributed by atoms with Gasteiger partial charge in [0.05, 0.1) is 13.7 Å². The van der Waals surface area contributed by atoms with Crippen molar-refractivity contribution >= 4 is 0 Å². The Kier molecular flexibility index (Phi) is 4.62. The highest BCUT2D eigenvalue weighted by atomic mass is 16.5. The number of phenolic OH excluding ortho intramolecular Hbond substituents is 4. The number of ether oxygens (including phenoxy) is 2. The number of aryl methyl sites for hydroxylation is 1. The Labute approximate surface area is 168 Å². The standard InChI is InChI=1S/C23H22O6/c1-12-7-16-20(10-18(12)25)29-11-17(22(16)13-3-5-15(24)6-4-13)14-8-19(26)23(27)21(9-14)28-2/h3-10,17,22,24-27H,11H2,1-2H3. The Morgan fingerprint density at radius 3 is 2.31 bits per heavy atom. The Morgan fingerprint density at radius 2 is 1.62 bits per heavy atom. The Morgan fingerprint density at radius 1 is 0.897 bits per heavy atom. The fourth-order valence-electron chi connectivity index (χ4n) is 3.93. The van der Waals surface area contributed by atoms with Crippen LogP contribution >= 0.6 is 0 Å². The van der Waals surface area contributed by atoms with Crippen LogP contribution in [0.2, 0.25) is 0 Å². The molecule has 150 valence electrons. The molecule has 0 aliphatic carbocycles. The third-order valence-electron chi connectivity index (χ3n) is 5.46. The molecule has 0 radical (unpaired) electrons. The third kappa shape index (κ3) is 3.27. The van der Waals surface area contributed by atoms with Gasteiger partial charge in [0.25, 0.3) is 0 Å². The van der Waals surface area contributed by atoms with E-state index in [2.05, 4.69) is 0 Å². The molecule has 0 spiro atoms. The van der Waals surface area contributed by atoms with Crippen LogP contribution in [0.4, 0.5) is 0 Å². The Bertz CT molecular complexity index is 1060. The summed E-state index contributed by atoms with van der Waals surface area (Å²) < 4.78 is 11.2. The molecule has 0 fully saturated rings. The first-order chi connectivity index (χ1) is 13.9. The SMILES string of the molecule is COc1cc(C2COc3cc(O)c(C)cc3C2c2ccc(O)cc2)cc(O)c1O. The number of rotatable bonds is 3. The van der Waals surface area contributed by atoms with Crippen LogP contribution in [0.5, 0.6) is 34.5 Å². The van der Waals surface area contributed by atoms with E-state index < -0.39 is 0 Å². The van der Waals surface area contributed by atoms with Gasteiger partial charge >= 0.3 is 0 Å². The van der Waals surface area contributed by atoms with Crippen LogP contribution in [0, 0.1) is 6.92 Å². The second-order valence-electron chi connectivity index (χ2n) is 7.25. The average molecular weight is 394 g/mol. The molecular weight excluding hydrogens is 372 g/mol. The van der Waals surface area contributed by atoms with E-state index in [-0.39, 0.29) is 40.6 Å². The minimum absolute atomic E-state index is 0.160. The van der Waals surface area contributed by atoms with E-state index in [1.807, 2.05) is 25.1 Å². The van der Waals surface area contributed by atoms with Gasteiger partial charge in [-0.25, -0.2) is 0 Å². The highest BCUT2D eigenvalue weighted by molar-refractivity contribution is 5.57. The van der Waals surface area contributed by atoms with Crippen molar-refractivity contribution in [1.82, 2.24) is 0 Å². The molecule has 1 aliphatic rings. The van der Waals surface area contributed by atoms with Crippen LogP contribution in [-0.2, 0) is 0 Å². The van der Waals surface area contributed by atoms with E-state index in [0.29, 0.717) is 12.4 Å². The second-order valence-corrected chi connectivity index (χ2v) is 7.25. The van der Waals surface area contributed by atoms with Gasteiger partial charge in [0, 0.05) is 23.5 Å². The lowest BCUT2D eigenvalue weighted by Crippen LogP contribution is -2.25. The molecule has 1 heterocycles. The summed E-state index contributed by atoms with van der Waals surface area (Å²) in [6.45, 7) is 2.12. The molecule has 0 aromatic heterocycles. The summed E-state index contributed by atoms with van der Waals surface area (Å²) in [6.07, 6.45) is 0. The van der Waals surface area contributed by atoms with E-state index in [4.69, 9.17) is 9.47 Å². The first-order valence-electron chi connectivity index (χ1n) is 9.24. The van der Waals surface area contributed by atoms with Gasteiger partial charge in [0.1, 0.15) is 17.2 Å². The van der Waals surface area contributed by atoms with Crippen molar-refractivity contribution in [3.8, 4) is 34.5 Å². The van der Waals surface area contributed by atoms with E-state index >= 15 is 0 Å². The first-order valence-corrected chi connectivity index (χ1v) is 9.24. The maximum absolute atomic E-state index is 10.2. The molecule has 2 unspecified atom stereocenters. The largest absolute Gasteiger partial charge is 0.508 e. The van der Waals surface area contributed by atoms with Crippen molar-refractivity contribution in [3.05, 3.63) is 70.8 Å². The van der Waals surface area contributed by atoms with Crippen LogP contribution in [0.3, 0.4) is 0 Å². The van der Waals surface area contributed by atoms with Crippen molar-refractivity contribution in [2.45, 2.75) is 18.8 Å². The van der Waals surface area contributed by atoms with E-state index in [1.165, 1.54) is 13.2 Å². The minimum Gasteiger partial charge on any atom is -0.508 e. The van der Waals surface area contributed by atoms with E-state index in [0.717, 1.165) is 22.3 Å². The molecule has 3 aromatic carbocycles. The molecule has 29 heavy (non-hydrogen) atoms. The lowest BCUT2D eigenvalue weighted by Gasteiger charge is -2.35. The molecule has 0 saturated carbocycles. The van der Waals surface area contributed by atoms with Crippen molar-refractivity contribution < 1.29 is 29.9 Å². The smallest absolute Gasteiger partial charge is 0.200 e. The van der Waals surface area contributed by atoms with Crippen molar-refractivity contribution in [2.75, 3.05) is 13.7 Å². The second kappa shape index (κ2) is 7.13. The Hall–Kier alpha value is -3.54. The van der Waals surface area contributed by atoms with Gasteiger partial charge in [-0.1, -0.05) is 12.1 Å². The molecule has 0 amide bonds. The molecule has 6 nitrogen and oxygen atoms in total. The maximum Gasteiger partial charge on any atom is 0.200 e. The highest BCUT2D eigenvalue weighted by Crippen LogP contribution is 2.50. The summed E-state index contributed by atoms with van der Waals surface area (Å²) in [6, 6.07) is 13.7. The van der Waals surface area contributed by atoms with Crippen LogP contribution in [-0.4, -0.2) is 34.1 Å². The number of hydrogen-bond acceptors (Lipinski definition) is 6. The minimum atomic E-state index is -0.310. The molecule has 3 aromatic rings. The zero-order valence-electron chi connectivity index (χ0n) is 16.1. The summed E-state index contributed by atoms with van der Waals surface area (Å²) in [4.78, 5) is 0.